The van der Waals surface area contributed by atoms with Crippen molar-refractivity contribution >= 4 is 5.97 Å². The Morgan fingerprint density at radius 1 is 1.00 bits per heavy atom. The molecule has 2 rings (SSSR count). The van der Waals surface area contributed by atoms with Crippen molar-refractivity contribution in [2.45, 2.75) is 13.0 Å². The minimum atomic E-state index is -0.295. The molecule has 4 nitrogen and oxygen atoms in total. The molecule has 21 heavy (non-hydrogen) atoms. The van der Waals surface area contributed by atoms with Gasteiger partial charge in [0.15, 0.2) is 6.79 Å². The molecule has 0 aliphatic rings. The van der Waals surface area contributed by atoms with Crippen molar-refractivity contribution in [3.63, 3.8) is 0 Å². The van der Waals surface area contributed by atoms with Crippen molar-refractivity contribution in [2.24, 2.45) is 0 Å². The van der Waals surface area contributed by atoms with Crippen LogP contribution in [-0.2, 0) is 27.3 Å². The Bertz CT molecular complexity index is 566. The maximum atomic E-state index is 11.3. The predicted octanol–water partition coefficient (Wildman–Crippen LogP) is 2.96. The molecule has 4 heteroatoms. The second-order valence-corrected chi connectivity index (χ2v) is 4.46. The van der Waals surface area contributed by atoms with Crippen molar-refractivity contribution in [1.82, 2.24) is 0 Å². The number of esters is 1. The Balaban J connectivity index is 1.84. The summed E-state index contributed by atoms with van der Waals surface area (Å²) in [6, 6.07) is 17.2. The third-order valence-corrected chi connectivity index (χ3v) is 2.94. The molecular weight excluding hydrogens is 268 g/mol. The lowest BCUT2D eigenvalue weighted by Crippen LogP contribution is -2.08. The van der Waals surface area contributed by atoms with Crippen LogP contribution < -0.4 is 4.74 Å². The fourth-order valence-electron chi connectivity index (χ4n) is 1.86. The van der Waals surface area contributed by atoms with Crippen molar-refractivity contribution < 1.29 is 19.0 Å². The number of benzene rings is 2. The highest BCUT2D eigenvalue weighted by Gasteiger charge is 2.08. The van der Waals surface area contributed by atoms with E-state index < -0.39 is 0 Å². The van der Waals surface area contributed by atoms with Gasteiger partial charge in [-0.3, -0.25) is 4.79 Å². The fourth-order valence-corrected chi connectivity index (χ4v) is 1.86. The van der Waals surface area contributed by atoms with Crippen LogP contribution in [0, 0.1) is 0 Å². The topological polar surface area (TPSA) is 44.8 Å². The van der Waals surface area contributed by atoms with Gasteiger partial charge in [0.25, 0.3) is 0 Å². The van der Waals surface area contributed by atoms with Crippen LogP contribution in [-0.4, -0.2) is 19.9 Å². The summed E-state index contributed by atoms with van der Waals surface area (Å²) in [4.78, 5) is 11.3. The summed E-state index contributed by atoms with van der Waals surface area (Å²) in [6.07, 6.45) is 0.186. The third-order valence-electron chi connectivity index (χ3n) is 2.94. The molecule has 0 spiro atoms. The molecule has 2 aromatic rings. The summed E-state index contributed by atoms with van der Waals surface area (Å²) >= 11 is 0. The average Bonchev–Trinajstić information content (AvgIpc) is 2.54. The molecule has 0 unspecified atom stereocenters. The molecule has 2 aromatic carbocycles. The average molecular weight is 286 g/mol. The van der Waals surface area contributed by atoms with Crippen molar-refractivity contribution in [1.29, 1.82) is 0 Å². The van der Waals surface area contributed by atoms with Gasteiger partial charge in [-0.15, -0.1) is 0 Å². The van der Waals surface area contributed by atoms with Gasteiger partial charge in [-0.25, -0.2) is 0 Å². The summed E-state index contributed by atoms with van der Waals surface area (Å²) < 4.78 is 15.7. The molecule has 0 bridgehead atoms. The Labute approximate surface area is 124 Å². The maximum Gasteiger partial charge on any atom is 0.310 e. The van der Waals surface area contributed by atoms with Crippen molar-refractivity contribution in [3.05, 3.63) is 65.7 Å². The lowest BCUT2D eigenvalue weighted by Gasteiger charge is -2.11. The van der Waals surface area contributed by atoms with Gasteiger partial charge in [-0.2, -0.15) is 0 Å². The smallest absolute Gasteiger partial charge is 0.310 e. The van der Waals surface area contributed by atoms with E-state index in [-0.39, 0.29) is 19.2 Å². The summed E-state index contributed by atoms with van der Waals surface area (Å²) in [5, 5.41) is 0. The highest BCUT2D eigenvalue weighted by molar-refractivity contribution is 5.73. The minimum absolute atomic E-state index is 0.132. The van der Waals surface area contributed by atoms with Crippen LogP contribution in [0.2, 0.25) is 0 Å². The van der Waals surface area contributed by atoms with Crippen LogP contribution in [0.4, 0.5) is 0 Å². The van der Waals surface area contributed by atoms with E-state index in [2.05, 4.69) is 4.74 Å². The molecule has 0 heterocycles. The van der Waals surface area contributed by atoms with E-state index in [0.29, 0.717) is 12.4 Å². The van der Waals surface area contributed by atoms with Crippen LogP contribution in [0.15, 0.2) is 54.6 Å². The highest BCUT2D eigenvalue weighted by Crippen LogP contribution is 2.19. The van der Waals surface area contributed by atoms with Crippen molar-refractivity contribution in [3.8, 4) is 5.75 Å². The quantitative estimate of drug-likeness (QED) is 0.446. The van der Waals surface area contributed by atoms with Gasteiger partial charge in [0, 0.05) is 5.56 Å². The van der Waals surface area contributed by atoms with E-state index in [9.17, 15) is 4.79 Å². The van der Waals surface area contributed by atoms with Gasteiger partial charge in [0.2, 0.25) is 0 Å². The molecule has 110 valence electrons. The minimum Gasteiger partial charge on any atom is -0.469 e. The van der Waals surface area contributed by atoms with Crippen LogP contribution in [0.25, 0.3) is 0 Å². The van der Waals surface area contributed by atoms with E-state index in [1.54, 1.807) is 0 Å². The molecule has 0 radical (unpaired) electrons. The zero-order valence-corrected chi connectivity index (χ0v) is 12.0. The van der Waals surface area contributed by atoms with E-state index in [4.69, 9.17) is 9.47 Å². The molecule has 0 fully saturated rings. The normalized spacial score (nSPS) is 10.1. The Hall–Kier alpha value is -2.33. The summed E-state index contributed by atoms with van der Waals surface area (Å²) in [7, 11) is 1.37. The zero-order valence-electron chi connectivity index (χ0n) is 12.0. The lowest BCUT2D eigenvalue weighted by molar-refractivity contribution is -0.139. The predicted molar refractivity (Wildman–Crippen MR) is 78.9 cm³/mol. The second kappa shape index (κ2) is 8.07. The highest BCUT2D eigenvalue weighted by atomic mass is 16.7. The summed E-state index contributed by atoms with van der Waals surface area (Å²) in [5.74, 6) is 0.340. The Kier molecular flexibility index (Phi) is 5.79. The molecule has 0 aromatic heterocycles. The summed E-state index contributed by atoms with van der Waals surface area (Å²) in [5.41, 5.74) is 1.87. The first-order valence-corrected chi connectivity index (χ1v) is 6.69. The number of rotatable bonds is 7. The summed E-state index contributed by atoms with van der Waals surface area (Å²) in [6.45, 7) is 0.618. The first-order chi connectivity index (χ1) is 10.3. The lowest BCUT2D eigenvalue weighted by atomic mass is 10.1. The van der Waals surface area contributed by atoms with Gasteiger partial charge in [0.05, 0.1) is 20.1 Å². The van der Waals surface area contributed by atoms with Crippen LogP contribution in [0.3, 0.4) is 0 Å². The van der Waals surface area contributed by atoms with Crippen LogP contribution in [0.5, 0.6) is 5.75 Å². The van der Waals surface area contributed by atoms with E-state index in [1.807, 2.05) is 54.6 Å². The Morgan fingerprint density at radius 2 is 1.71 bits per heavy atom. The number of hydrogen-bond acceptors (Lipinski definition) is 4. The molecule has 0 atom stereocenters. The number of ether oxygens (including phenoxy) is 3. The standard InChI is InChI=1S/C17H18O4/c1-19-17(18)11-15-9-5-6-10-16(15)21-13-20-12-14-7-3-2-4-8-14/h2-10H,11-13H2,1H3. The monoisotopic (exact) mass is 286 g/mol. The van der Waals surface area contributed by atoms with Gasteiger partial charge >= 0.3 is 5.97 Å². The first kappa shape index (κ1) is 15.1. The largest absolute Gasteiger partial charge is 0.469 e. The SMILES string of the molecule is COC(=O)Cc1ccccc1OCOCc1ccccc1. The fraction of sp³-hybridized carbons (Fsp3) is 0.235. The number of methoxy groups -OCH3 is 1. The molecule has 0 N–H and O–H groups in total. The van der Waals surface area contributed by atoms with Crippen molar-refractivity contribution in [2.75, 3.05) is 13.9 Å². The van der Waals surface area contributed by atoms with Gasteiger partial charge in [0.1, 0.15) is 5.75 Å². The Morgan fingerprint density at radius 3 is 2.48 bits per heavy atom. The third kappa shape index (κ3) is 4.93. The molecule has 0 saturated heterocycles. The van der Waals surface area contributed by atoms with Crippen LogP contribution in [0.1, 0.15) is 11.1 Å². The van der Waals surface area contributed by atoms with Gasteiger partial charge < -0.3 is 14.2 Å². The molecular formula is C17H18O4. The molecule has 0 aliphatic carbocycles. The number of carbonyl (C=O) groups excluding carboxylic acids is 1. The molecule has 0 amide bonds. The molecule has 0 aliphatic heterocycles. The number of hydrogen-bond donors (Lipinski definition) is 0. The molecule has 0 saturated carbocycles. The zero-order chi connectivity index (χ0) is 14.9. The van der Waals surface area contributed by atoms with Gasteiger partial charge in [-0.1, -0.05) is 48.5 Å². The van der Waals surface area contributed by atoms with Gasteiger partial charge in [-0.05, 0) is 11.6 Å². The number of carbonyl (C=O) groups is 1. The van der Waals surface area contributed by atoms with E-state index in [1.165, 1.54) is 7.11 Å². The van der Waals surface area contributed by atoms with E-state index in [0.717, 1.165) is 11.1 Å². The second-order valence-electron chi connectivity index (χ2n) is 4.46. The maximum absolute atomic E-state index is 11.3. The van der Waals surface area contributed by atoms with Crippen LogP contribution >= 0.6 is 0 Å². The number of para-hydroxylation sites is 1. The van der Waals surface area contributed by atoms with E-state index >= 15 is 0 Å². The first-order valence-electron chi connectivity index (χ1n) is 6.69.